The molecule has 2 aromatic rings. The standard InChI is InChI=1S/C16H20BrN3OS.HI/c1-11(2)21-13-5-3-12(4-6-13)20-16(18)19-10-9-14-7-8-15(17)22-14;/h3-8,11H,9-10H2,1-2H3,(H3,18,19,20);1H. The van der Waals surface area contributed by atoms with Crippen LogP contribution in [0.1, 0.15) is 18.7 Å². The first kappa shape index (κ1) is 20.2. The van der Waals surface area contributed by atoms with E-state index in [4.69, 9.17) is 10.5 Å². The fraction of sp³-hybridized carbons (Fsp3) is 0.312. The highest BCUT2D eigenvalue weighted by molar-refractivity contribution is 14.0. The molecule has 0 aliphatic rings. The zero-order valence-electron chi connectivity index (χ0n) is 13.1. The van der Waals surface area contributed by atoms with Crippen LogP contribution in [0.2, 0.25) is 0 Å². The summed E-state index contributed by atoms with van der Waals surface area (Å²) >= 11 is 5.18. The predicted octanol–water partition coefficient (Wildman–Crippen LogP) is 4.89. The van der Waals surface area contributed by atoms with Gasteiger partial charge in [0.25, 0.3) is 0 Å². The van der Waals surface area contributed by atoms with Gasteiger partial charge in [0.2, 0.25) is 0 Å². The van der Waals surface area contributed by atoms with E-state index in [1.54, 1.807) is 11.3 Å². The number of ether oxygens (including phenoxy) is 1. The molecular formula is C16H21BrIN3OS. The van der Waals surface area contributed by atoms with Gasteiger partial charge in [-0.1, -0.05) is 0 Å². The maximum absolute atomic E-state index is 5.90. The summed E-state index contributed by atoms with van der Waals surface area (Å²) in [6.07, 6.45) is 1.06. The first-order chi connectivity index (χ1) is 10.5. The van der Waals surface area contributed by atoms with Gasteiger partial charge in [-0.05, 0) is 66.2 Å². The molecule has 0 aliphatic carbocycles. The number of halogens is 2. The molecule has 0 spiro atoms. The third-order valence-corrected chi connectivity index (χ3v) is 4.45. The number of nitrogens with zero attached hydrogens (tertiary/aromatic N) is 1. The van der Waals surface area contributed by atoms with E-state index in [1.807, 2.05) is 44.2 Å². The predicted molar refractivity (Wildman–Crippen MR) is 113 cm³/mol. The Morgan fingerprint density at radius 3 is 2.52 bits per heavy atom. The SMILES string of the molecule is CC(C)Oc1ccc(NC(N)=NCCc2ccc(Br)s2)cc1.I. The minimum absolute atomic E-state index is 0. The van der Waals surface area contributed by atoms with Gasteiger partial charge in [-0.25, -0.2) is 0 Å². The zero-order chi connectivity index (χ0) is 15.9. The summed E-state index contributed by atoms with van der Waals surface area (Å²) in [5.41, 5.74) is 6.79. The molecule has 0 unspecified atom stereocenters. The lowest BCUT2D eigenvalue weighted by molar-refractivity contribution is 0.242. The van der Waals surface area contributed by atoms with E-state index in [2.05, 4.69) is 32.3 Å². The van der Waals surface area contributed by atoms with E-state index in [1.165, 1.54) is 4.88 Å². The van der Waals surface area contributed by atoms with Crippen LogP contribution >= 0.6 is 51.2 Å². The quantitative estimate of drug-likeness (QED) is 0.331. The Balaban J connectivity index is 0.00000264. The van der Waals surface area contributed by atoms with E-state index in [0.717, 1.165) is 21.6 Å². The van der Waals surface area contributed by atoms with Gasteiger partial charge in [-0.2, -0.15) is 0 Å². The third-order valence-electron chi connectivity index (χ3n) is 2.77. The molecule has 1 aromatic heterocycles. The first-order valence-corrected chi connectivity index (χ1v) is 8.72. The lowest BCUT2D eigenvalue weighted by Crippen LogP contribution is -2.23. The van der Waals surface area contributed by atoms with Crippen LogP contribution in [0.5, 0.6) is 5.75 Å². The summed E-state index contributed by atoms with van der Waals surface area (Å²) in [4.78, 5) is 5.63. The van der Waals surface area contributed by atoms with Crippen molar-refractivity contribution in [1.82, 2.24) is 0 Å². The lowest BCUT2D eigenvalue weighted by Gasteiger charge is -2.10. The molecule has 0 aliphatic heterocycles. The molecule has 0 bridgehead atoms. The molecule has 0 radical (unpaired) electrons. The topological polar surface area (TPSA) is 59.6 Å². The summed E-state index contributed by atoms with van der Waals surface area (Å²) in [5, 5.41) is 3.08. The Hall–Kier alpha value is -0.800. The van der Waals surface area contributed by atoms with Crippen LogP contribution in [-0.4, -0.2) is 18.6 Å². The van der Waals surface area contributed by atoms with Crippen molar-refractivity contribution in [2.45, 2.75) is 26.4 Å². The molecule has 0 saturated carbocycles. The summed E-state index contributed by atoms with van der Waals surface area (Å²) in [6.45, 7) is 4.67. The van der Waals surface area contributed by atoms with Gasteiger partial charge in [0, 0.05) is 23.5 Å². The van der Waals surface area contributed by atoms with Crippen molar-refractivity contribution in [2.24, 2.45) is 10.7 Å². The van der Waals surface area contributed by atoms with E-state index in [9.17, 15) is 0 Å². The van der Waals surface area contributed by atoms with Crippen LogP contribution in [-0.2, 0) is 6.42 Å². The monoisotopic (exact) mass is 509 g/mol. The van der Waals surface area contributed by atoms with Gasteiger partial charge >= 0.3 is 0 Å². The van der Waals surface area contributed by atoms with Crippen molar-refractivity contribution in [3.8, 4) is 5.75 Å². The molecule has 23 heavy (non-hydrogen) atoms. The smallest absolute Gasteiger partial charge is 0.193 e. The van der Waals surface area contributed by atoms with E-state index in [0.29, 0.717) is 12.5 Å². The number of thiophene rings is 1. The number of nitrogens with one attached hydrogen (secondary N) is 1. The number of anilines is 1. The van der Waals surface area contributed by atoms with E-state index < -0.39 is 0 Å². The van der Waals surface area contributed by atoms with Crippen molar-refractivity contribution in [1.29, 1.82) is 0 Å². The van der Waals surface area contributed by atoms with E-state index in [-0.39, 0.29) is 30.1 Å². The third kappa shape index (κ3) is 7.54. The number of hydrogen-bond acceptors (Lipinski definition) is 3. The van der Waals surface area contributed by atoms with Gasteiger partial charge in [-0.3, -0.25) is 4.99 Å². The van der Waals surface area contributed by atoms with Crippen LogP contribution < -0.4 is 15.8 Å². The van der Waals surface area contributed by atoms with Gasteiger partial charge < -0.3 is 15.8 Å². The highest BCUT2D eigenvalue weighted by Crippen LogP contribution is 2.22. The Labute approximate surface area is 166 Å². The number of rotatable bonds is 6. The van der Waals surface area contributed by atoms with Crippen LogP contribution in [0, 0.1) is 0 Å². The van der Waals surface area contributed by atoms with Crippen LogP contribution in [0.4, 0.5) is 5.69 Å². The molecule has 3 N–H and O–H groups in total. The minimum Gasteiger partial charge on any atom is -0.491 e. The molecule has 0 atom stereocenters. The second-order valence-corrected chi connectivity index (χ2v) is 7.59. The summed E-state index contributed by atoms with van der Waals surface area (Å²) in [6, 6.07) is 11.8. The lowest BCUT2D eigenvalue weighted by atomic mass is 10.3. The summed E-state index contributed by atoms with van der Waals surface area (Å²) in [7, 11) is 0. The second-order valence-electron chi connectivity index (χ2n) is 5.04. The van der Waals surface area contributed by atoms with Gasteiger partial charge in [-0.15, -0.1) is 35.3 Å². The van der Waals surface area contributed by atoms with Crippen LogP contribution in [0.3, 0.4) is 0 Å². The van der Waals surface area contributed by atoms with Gasteiger partial charge in [0.1, 0.15) is 5.75 Å². The second kappa shape index (κ2) is 10.1. The normalized spacial score (nSPS) is 11.2. The maximum Gasteiger partial charge on any atom is 0.193 e. The number of guanidine groups is 1. The largest absolute Gasteiger partial charge is 0.491 e. The fourth-order valence-electron chi connectivity index (χ4n) is 1.85. The zero-order valence-corrected chi connectivity index (χ0v) is 17.8. The van der Waals surface area contributed by atoms with Crippen molar-refractivity contribution < 1.29 is 4.74 Å². The molecule has 0 saturated heterocycles. The molecule has 126 valence electrons. The highest BCUT2D eigenvalue weighted by atomic mass is 127. The van der Waals surface area contributed by atoms with Crippen molar-refractivity contribution in [3.05, 3.63) is 45.1 Å². The number of aliphatic imine (C=N–C) groups is 1. The molecule has 7 heteroatoms. The average molecular weight is 510 g/mol. The molecule has 1 heterocycles. The summed E-state index contributed by atoms with van der Waals surface area (Å²) < 4.78 is 6.74. The Morgan fingerprint density at radius 2 is 1.96 bits per heavy atom. The average Bonchev–Trinajstić information content (AvgIpc) is 2.86. The highest BCUT2D eigenvalue weighted by Gasteiger charge is 2.00. The Kier molecular flexibility index (Phi) is 8.93. The molecular weight excluding hydrogens is 489 g/mol. The molecule has 2 rings (SSSR count). The number of nitrogens with two attached hydrogens (primary N) is 1. The number of hydrogen-bond donors (Lipinski definition) is 2. The van der Waals surface area contributed by atoms with Crippen LogP contribution in [0.15, 0.2) is 45.2 Å². The number of benzene rings is 1. The van der Waals surface area contributed by atoms with Crippen molar-refractivity contribution >= 4 is 62.9 Å². The molecule has 0 fully saturated rings. The van der Waals surface area contributed by atoms with Gasteiger partial charge in [0.15, 0.2) is 5.96 Å². The molecule has 4 nitrogen and oxygen atoms in total. The minimum atomic E-state index is 0. The van der Waals surface area contributed by atoms with E-state index >= 15 is 0 Å². The maximum atomic E-state index is 5.90. The fourth-order valence-corrected chi connectivity index (χ4v) is 3.32. The first-order valence-electron chi connectivity index (χ1n) is 7.11. The Bertz CT molecular complexity index is 629. The van der Waals surface area contributed by atoms with Crippen molar-refractivity contribution in [3.63, 3.8) is 0 Å². The molecule has 1 aromatic carbocycles. The van der Waals surface area contributed by atoms with Crippen molar-refractivity contribution in [2.75, 3.05) is 11.9 Å². The molecule has 0 amide bonds. The Morgan fingerprint density at radius 1 is 1.26 bits per heavy atom. The summed E-state index contributed by atoms with van der Waals surface area (Å²) in [5.74, 6) is 1.27. The van der Waals surface area contributed by atoms with Crippen LogP contribution in [0.25, 0.3) is 0 Å². The van der Waals surface area contributed by atoms with Gasteiger partial charge in [0.05, 0.1) is 9.89 Å².